The van der Waals surface area contributed by atoms with Crippen LogP contribution >= 0.6 is 0 Å². The van der Waals surface area contributed by atoms with Gasteiger partial charge in [-0.3, -0.25) is 6.08 Å². The molecule has 41 heavy (non-hydrogen) atoms. The van der Waals surface area contributed by atoms with Gasteiger partial charge in [-0.25, -0.2) is 15.7 Å². The maximum atomic E-state index is 14.0. The molecule has 2 atom stereocenters. The first-order valence-corrected chi connectivity index (χ1v) is 13.9. The first kappa shape index (κ1) is 31.9. The van der Waals surface area contributed by atoms with Crippen molar-refractivity contribution in [3.05, 3.63) is 78.7 Å². The SMILES string of the molecule is CCOC(C)n1cc(-c2ncn3nc(NC4CC=[C-]C=C4F)nc3c2OC(C)C)cn1.OCc1c[c-]ccc1.[O]=[Os]. The number of halogens is 1. The molecule has 0 radical (unpaired) electrons. The molecule has 0 bridgehead atoms. The second-order valence-electron chi connectivity index (χ2n) is 8.96. The van der Waals surface area contributed by atoms with Gasteiger partial charge in [0.25, 0.3) is 0 Å². The Labute approximate surface area is 248 Å². The number of aliphatic hydroxyl groups is 1. The molecule has 13 heteroatoms. The van der Waals surface area contributed by atoms with Crippen molar-refractivity contribution in [2.45, 2.75) is 59.1 Å². The topological polar surface area (TPSA) is 129 Å². The summed E-state index contributed by atoms with van der Waals surface area (Å²) in [6.45, 7) is 8.40. The van der Waals surface area contributed by atoms with Crippen LogP contribution in [0.3, 0.4) is 0 Å². The summed E-state index contributed by atoms with van der Waals surface area (Å²) >= 11 is 0.611. The molecule has 220 valence electrons. The zero-order chi connectivity index (χ0) is 29.8. The van der Waals surface area contributed by atoms with E-state index in [0.717, 1.165) is 11.1 Å². The van der Waals surface area contributed by atoms with Crippen molar-refractivity contribution >= 4 is 11.6 Å². The Bertz CT molecular complexity index is 1440. The monoisotopic (exact) mass is 741 g/mol. The average Bonchev–Trinajstić information content (AvgIpc) is 3.64. The molecule has 0 saturated heterocycles. The fourth-order valence-electron chi connectivity index (χ4n) is 3.77. The van der Waals surface area contributed by atoms with Gasteiger partial charge in [-0.2, -0.15) is 51.0 Å². The third-order valence-corrected chi connectivity index (χ3v) is 5.64. The van der Waals surface area contributed by atoms with Gasteiger partial charge >= 0.3 is 22.1 Å². The van der Waals surface area contributed by atoms with Crippen LogP contribution in [-0.4, -0.2) is 53.2 Å². The van der Waals surface area contributed by atoms with E-state index in [4.69, 9.17) is 18.1 Å². The number of fused-ring (bicyclic) bond motifs is 1. The average molecular weight is 740 g/mol. The van der Waals surface area contributed by atoms with Crippen LogP contribution in [0.4, 0.5) is 10.3 Å². The van der Waals surface area contributed by atoms with E-state index in [-0.39, 0.29) is 30.7 Å². The number of ether oxygens (including phenoxy) is 2. The van der Waals surface area contributed by atoms with Crippen LogP contribution in [0.15, 0.2) is 61.0 Å². The van der Waals surface area contributed by atoms with Crippen LogP contribution in [0, 0.1) is 12.1 Å². The first-order valence-electron chi connectivity index (χ1n) is 12.9. The van der Waals surface area contributed by atoms with Gasteiger partial charge in [0.05, 0.1) is 12.3 Å². The number of rotatable bonds is 9. The number of hydrogen-bond acceptors (Lipinski definition) is 9. The number of aliphatic hydroxyl groups excluding tert-OH is 1. The standard InChI is InChI=1S/C21H25FN7O2.C7H7O.O.Os/c1-5-30-14(4)28-11-15(10-24-28)18-19(31-13(2)3)20-26-21(27-29(20)12-23-18)25-17-9-7-6-8-16(17)22;8-6-7-4-2-1-3-5-7;;/h7-8,10-14,17H,5,9H2,1-4H3,(H,25,27);1-2,4-5,8H,6H2;;/q2*-1;;. The molecule has 2 unspecified atom stereocenters. The number of benzene rings is 1. The molecule has 0 spiro atoms. The second-order valence-corrected chi connectivity index (χ2v) is 8.96. The minimum absolute atomic E-state index is 0.108. The second kappa shape index (κ2) is 16.0. The predicted octanol–water partition coefficient (Wildman–Crippen LogP) is 4.58. The molecule has 3 heterocycles. The molecule has 11 nitrogen and oxygen atoms in total. The van der Waals surface area contributed by atoms with E-state index in [2.05, 4.69) is 37.6 Å². The summed E-state index contributed by atoms with van der Waals surface area (Å²) in [5.74, 6) is 0.460. The molecule has 1 aliphatic rings. The number of nitrogens with one attached hydrogen (secondary N) is 1. The van der Waals surface area contributed by atoms with E-state index < -0.39 is 6.04 Å². The van der Waals surface area contributed by atoms with Gasteiger partial charge in [-0.1, -0.05) is 0 Å². The molecule has 1 aliphatic carbocycles. The molecule has 1 aromatic carbocycles. The molecule has 3 aromatic heterocycles. The van der Waals surface area contributed by atoms with Crippen molar-refractivity contribution in [3.8, 4) is 17.0 Å². The molecule has 2 N–H and O–H groups in total. The van der Waals surface area contributed by atoms with Gasteiger partial charge in [0.1, 0.15) is 18.2 Å². The summed E-state index contributed by atoms with van der Waals surface area (Å²) in [5, 5.41) is 20.3. The summed E-state index contributed by atoms with van der Waals surface area (Å²) in [4.78, 5) is 9.08. The molecule has 4 aromatic rings. The Balaban J connectivity index is 0.000000394. The summed E-state index contributed by atoms with van der Waals surface area (Å²) in [6, 6.07) is 9.60. The number of allylic oxidation sites excluding steroid dienone is 2. The van der Waals surface area contributed by atoms with E-state index in [0.29, 0.717) is 48.7 Å². The summed E-state index contributed by atoms with van der Waals surface area (Å²) in [5.41, 5.74) is 2.75. The molecular weight excluding hydrogens is 708 g/mol. The van der Waals surface area contributed by atoms with Crippen molar-refractivity contribution in [2.24, 2.45) is 0 Å². The van der Waals surface area contributed by atoms with Crippen molar-refractivity contribution < 1.29 is 41.1 Å². The van der Waals surface area contributed by atoms with E-state index in [9.17, 15) is 4.39 Å². The molecule has 0 fully saturated rings. The Morgan fingerprint density at radius 2 is 2.12 bits per heavy atom. The van der Waals surface area contributed by atoms with E-state index >= 15 is 0 Å². The van der Waals surface area contributed by atoms with Gasteiger partial charge in [-0.15, -0.1) is 10.7 Å². The Morgan fingerprint density at radius 3 is 2.76 bits per heavy atom. The molecule has 0 amide bonds. The van der Waals surface area contributed by atoms with Crippen LogP contribution in [0.5, 0.6) is 5.75 Å². The number of anilines is 1. The van der Waals surface area contributed by atoms with Crippen LogP contribution < -0.4 is 10.1 Å². The predicted molar refractivity (Wildman–Crippen MR) is 145 cm³/mol. The summed E-state index contributed by atoms with van der Waals surface area (Å²) in [6.07, 6.45) is 11.1. The minimum atomic E-state index is -0.529. The van der Waals surface area contributed by atoms with Gasteiger partial charge in [-0.05, 0) is 39.9 Å². The normalized spacial score (nSPS) is 14.9. The van der Waals surface area contributed by atoms with Gasteiger partial charge in [0.2, 0.25) is 11.6 Å². The van der Waals surface area contributed by atoms with Crippen molar-refractivity contribution in [3.63, 3.8) is 0 Å². The van der Waals surface area contributed by atoms with Gasteiger partial charge < -0.3 is 24.3 Å². The summed E-state index contributed by atoms with van der Waals surface area (Å²) < 4.78 is 37.2. The maximum absolute atomic E-state index is 14.0. The van der Waals surface area contributed by atoms with Crippen LogP contribution in [0.25, 0.3) is 16.9 Å². The Hall–Kier alpha value is -3.65. The van der Waals surface area contributed by atoms with Crippen LogP contribution in [-0.2, 0) is 33.4 Å². The quantitative estimate of drug-likeness (QED) is 0.237. The third kappa shape index (κ3) is 8.66. The number of hydrogen-bond donors (Lipinski definition) is 2. The van der Waals surface area contributed by atoms with E-state index in [1.165, 1.54) is 10.6 Å². The van der Waals surface area contributed by atoms with Gasteiger partial charge in [0.15, 0.2) is 5.75 Å². The number of nitrogens with zero attached hydrogens (tertiary/aromatic N) is 6. The van der Waals surface area contributed by atoms with Gasteiger partial charge in [0, 0.05) is 31.0 Å². The molecule has 0 aliphatic heterocycles. The van der Waals surface area contributed by atoms with Crippen molar-refractivity contribution in [1.29, 1.82) is 0 Å². The van der Waals surface area contributed by atoms with Crippen LogP contribution in [0.2, 0.25) is 0 Å². The van der Waals surface area contributed by atoms with Crippen molar-refractivity contribution in [1.82, 2.24) is 29.4 Å². The zero-order valence-corrected chi connectivity index (χ0v) is 25.7. The fraction of sp³-hybridized carbons (Fsp3) is 0.357. The van der Waals surface area contributed by atoms with Crippen LogP contribution in [0.1, 0.15) is 45.9 Å². The third-order valence-electron chi connectivity index (χ3n) is 5.64. The van der Waals surface area contributed by atoms with E-state index in [1.54, 1.807) is 35.4 Å². The molecular formula is C28H32FN7O4Os-2. The summed E-state index contributed by atoms with van der Waals surface area (Å²) in [7, 11) is 0. The zero-order valence-electron chi connectivity index (χ0n) is 23.1. The Kier molecular flexibility index (Phi) is 12.4. The number of aromatic nitrogens is 6. The Morgan fingerprint density at radius 1 is 1.32 bits per heavy atom. The fourth-order valence-corrected chi connectivity index (χ4v) is 3.77. The molecule has 0 saturated carbocycles. The molecule has 5 rings (SSSR count). The van der Waals surface area contributed by atoms with Crippen molar-refractivity contribution in [2.75, 3.05) is 11.9 Å². The first-order chi connectivity index (χ1) is 19.9. The van der Waals surface area contributed by atoms with E-state index in [1.807, 2.05) is 46.0 Å².